The second kappa shape index (κ2) is 10.8. The highest BCUT2D eigenvalue weighted by Gasteiger charge is 2.33. The monoisotopic (exact) mass is 519 g/mol. The number of amides is 2. The SMILES string of the molecule is CCc1nc2c(cc1-c1cccnc1)c(OCC(F)(F)F)c(C(=O)NC1CCN(C(=O)CO)CC1)n2C. The van der Waals surface area contributed by atoms with Crippen molar-refractivity contribution in [2.24, 2.45) is 7.05 Å². The number of rotatable bonds is 7. The van der Waals surface area contributed by atoms with Crippen LogP contribution in [-0.2, 0) is 18.3 Å². The van der Waals surface area contributed by atoms with E-state index < -0.39 is 25.3 Å². The van der Waals surface area contributed by atoms with Gasteiger partial charge in [-0.1, -0.05) is 13.0 Å². The van der Waals surface area contributed by atoms with Crippen LogP contribution >= 0.6 is 0 Å². The molecule has 0 radical (unpaired) electrons. The van der Waals surface area contributed by atoms with Gasteiger partial charge >= 0.3 is 6.18 Å². The Bertz CT molecular complexity index is 1290. The van der Waals surface area contributed by atoms with Crippen LogP contribution in [0.4, 0.5) is 13.2 Å². The van der Waals surface area contributed by atoms with Crippen LogP contribution in [0.2, 0.25) is 0 Å². The predicted octanol–water partition coefficient (Wildman–Crippen LogP) is 2.85. The zero-order valence-corrected chi connectivity index (χ0v) is 20.5. The number of ether oxygens (including phenoxy) is 1. The minimum Gasteiger partial charge on any atom is -0.481 e. The van der Waals surface area contributed by atoms with E-state index in [-0.39, 0.29) is 28.8 Å². The summed E-state index contributed by atoms with van der Waals surface area (Å²) in [5.74, 6) is -1.17. The van der Waals surface area contributed by atoms with Crippen LogP contribution in [0.15, 0.2) is 30.6 Å². The van der Waals surface area contributed by atoms with Crippen molar-refractivity contribution in [2.75, 3.05) is 26.3 Å². The van der Waals surface area contributed by atoms with E-state index in [0.29, 0.717) is 49.3 Å². The van der Waals surface area contributed by atoms with Crippen LogP contribution in [0.1, 0.15) is 35.9 Å². The molecule has 0 unspecified atom stereocenters. The third-order valence-electron chi connectivity index (χ3n) is 6.41. The molecule has 0 aliphatic carbocycles. The molecule has 0 bridgehead atoms. The van der Waals surface area contributed by atoms with E-state index in [0.717, 1.165) is 5.56 Å². The fraction of sp³-hybridized carbons (Fsp3) is 0.440. The number of pyridine rings is 2. The average Bonchev–Trinajstić information content (AvgIpc) is 3.17. The molecule has 1 aliphatic rings. The molecule has 1 saturated heterocycles. The van der Waals surface area contributed by atoms with E-state index in [1.54, 1.807) is 31.6 Å². The molecule has 1 aliphatic heterocycles. The Kier molecular flexibility index (Phi) is 7.67. The van der Waals surface area contributed by atoms with E-state index in [9.17, 15) is 22.8 Å². The van der Waals surface area contributed by atoms with E-state index in [1.807, 2.05) is 13.0 Å². The first-order chi connectivity index (χ1) is 17.6. The zero-order valence-electron chi connectivity index (χ0n) is 20.5. The number of carbonyl (C=O) groups is 2. The number of piperidine rings is 1. The number of hydrogen-bond donors (Lipinski definition) is 2. The molecule has 4 rings (SSSR count). The van der Waals surface area contributed by atoms with Gasteiger partial charge in [0, 0.05) is 49.7 Å². The number of halogens is 3. The lowest BCUT2D eigenvalue weighted by Gasteiger charge is -2.32. The smallest absolute Gasteiger partial charge is 0.422 e. The molecule has 37 heavy (non-hydrogen) atoms. The number of alkyl halides is 3. The molecule has 2 amide bonds. The Morgan fingerprint density at radius 3 is 2.59 bits per heavy atom. The third-order valence-corrected chi connectivity index (χ3v) is 6.41. The van der Waals surface area contributed by atoms with Crippen molar-refractivity contribution in [3.05, 3.63) is 42.0 Å². The topological polar surface area (TPSA) is 110 Å². The molecule has 0 aromatic carbocycles. The number of aryl methyl sites for hydroxylation is 2. The summed E-state index contributed by atoms with van der Waals surface area (Å²) in [6.45, 7) is 0.478. The lowest BCUT2D eigenvalue weighted by atomic mass is 10.0. The highest BCUT2D eigenvalue weighted by Crippen LogP contribution is 2.37. The highest BCUT2D eigenvalue weighted by atomic mass is 19.4. The number of nitrogens with one attached hydrogen (secondary N) is 1. The largest absolute Gasteiger partial charge is 0.481 e. The minimum absolute atomic E-state index is 0.0639. The maximum Gasteiger partial charge on any atom is 0.422 e. The summed E-state index contributed by atoms with van der Waals surface area (Å²) < 4.78 is 46.1. The van der Waals surface area contributed by atoms with Crippen LogP contribution in [-0.4, -0.2) is 74.9 Å². The summed E-state index contributed by atoms with van der Waals surface area (Å²) in [6.07, 6.45) is 0.103. The number of nitrogens with zero attached hydrogens (tertiary/aromatic N) is 4. The summed E-state index contributed by atoms with van der Waals surface area (Å²) in [5, 5.41) is 12.2. The van der Waals surface area contributed by atoms with Gasteiger partial charge in [0.25, 0.3) is 5.91 Å². The van der Waals surface area contributed by atoms with E-state index in [4.69, 9.17) is 9.84 Å². The van der Waals surface area contributed by atoms with Gasteiger partial charge in [-0.2, -0.15) is 13.2 Å². The van der Waals surface area contributed by atoms with Crippen molar-refractivity contribution < 1.29 is 32.6 Å². The number of aromatic nitrogens is 3. The molecule has 3 aromatic heterocycles. The standard InChI is InChI=1S/C25H28F3N5O4/c1-3-19-17(15-5-4-8-29-12-15)11-18-22(37-14-25(26,27)28)21(32(2)23(18)31-19)24(36)30-16-6-9-33(10-7-16)20(35)13-34/h4-5,8,11-12,16,34H,3,6-7,9-10,13-14H2,1-2H3,(H,30,36). The molecule has 0 saturated carbocycles. The molecule has 0 atom stereocenters. The van der Waals surface area contributed by atoms with Gasteiger partial charge in [0.15, 0.2) is 18.1 Å². The first-order valence-corrected chi connectivity index (χ1v) is 11.9. The number of aliphatic hydroxyl groups is 1. The first-order valence-electron chi connectivity index (χ1n) is 11.9. The van der Waals surface area contributed by atoms with Gasteiger partial charge in [0.2, 0.25) is 5.91 Å². The van der Waals surface area contributed by atoms with Crippen molar-refractivity contribution in [1.82, 2.24) is 24.8 Å². The molecule has 9 nitrogen and oxygen atoms in total. The summed E-state index contributed by atoms with van der Waals surface area (Å²) in [5.41, 5.74) is 2.41. The Labute approximate surface area is 211 Å². The van der Waals surface area contributed by atoms with Crippen LogP contribution in [0, 0.1) is 0 Å². The fourth-order valence-electron chi connectivity index (χ4n) is 4.57. The number of hydrogen-bond acceptors (Lipinski definition) is 6. The maximum atomic E-state index is 13.4. The number of aliphatic hydroxyl groups excluding tert-OH is 1. The van der Waals surface area contributed by atoms with Crippen LogP contribution in [0.3, 0.4) is 0 Å². The average molecular weight is 520 g/mol. The third kappa shape index (κ3) is 5.68. The van der Waals surface area contributed by atoms with Gasteiger partial charge in [-0.25, -0.2) is 4.98 Å². The van der Waals surface area contributed by atoms with Gasteiger partial charge in [0.1, 0.15) is 12.3 Å². The Morgan fingerprint density at radius 1 is 1.27 bits per heavy atom. The normalized spacial score (nSPS) is 14.7. The lowest BCUT2D eigenvalue weighted by molar-refractivity contribution is -0.153. The Hall–Kier alpha value is -3.67. The van der Waals surface area contributed by atoms with Crippen molar-refractivity contribution in [2.45, 2.75) is 38.4 Å². The van der Waals surface area contributed by atoms with E-state index >= 15 is 0 Å². The zero-order chi connectivity index (χ0) is 26.7. The molecule has 2 N–H and O–H groups in total. The molecule has 12 heteroatoms. The molecule has 3 aromatic rings. The number of likely N-dealkylation sites (tertiary alicyclic amines) is 1. The molecule has 4 heterocycles. The predicted molar refractivity (Wildman–Crippen MR) is 129 cm³/mol. The molecule has 0 spiro atoms. The lowest BCUT2D eigenvalue weighted by Crippen LogP contribution is -2.47. The molecular weight excluding hydrogens is 491 g/mol. The Morgan fingerprint density at radius 2 is 2.00 bits per heavy atom. The van der Waals surface area contributed by atoms with Gasteiger partial charge < -0.3 is 24.6 Å². The summed E-state index contributed by atoms with van der Waals surface area (Å²) in [7, 11) is 1.57. The summed E-state index contributed by atoms with van der Waals surface area (Å²) >= 11 is 0. The van der Waals surface area contributed by atoms with Gasteiger partial charge in [-0.15, -0.1) is 0 Å². The number of carbonyl (C=O) groups excluding carboxylic acids is 2. The molecule has 1 fully saturated rings. The molecular formula is C25H28F3N5O4. The van der Waals surface area contributed by atoms with Crippen molar-refractivity contribution in [3.63, 3.8) is 0 Å². The van der Waals surface area contributed by atoms with Crippen molar-refractivity contribution >= 4 is 22.8 Å². The summed E-state index contributed by atoms with van der Waals surface area (Å²) in [6, 6.07) is 4.98. The van der Waals surface area contributed by atoms with E-state index in [2.05, 4.69) is 15.3 Å². The van der Waals surface area contributed by atoms with Crippen molar-refractivity contribution in [3.8, 4) is 16.9 Å². The first kappa shape index (κ1) is 26.4. The summed E-state index contributed by atoms with van der Waals surface area (Å²) in [4.78, 5) is 35.4. The van der Waals surface area contributed by atoms with Crippen LogP contribution in [0.5, 0.6) is 5.75 Å². The maximum absolute atomic E-state index is 13.4. The molecule has 198 valence electrons. The van der Waals surface area contributed by atoms with Gasteiger partial charge in [-0.05, 0) is 31.4 Å². The van der Waals surface area contributed by atoms with E-state index in [1.165, 1.54) is 9.47 Å². The Balaban J connectivity index is 1.72. The van der Waals surface area contributed by atoms with Gasteiger partial charge in [0.05, 0.1) is 11.1 Å². The second-order valence-electron chi connectivity index (χ2n) is 8.88. The van der Waals surface area contributed by atoms with Crippen molar-refractivity contribution in [1.29, 1.82) is 0 Å². The van der Waals surface area contributed by atoms with Crippen LogP contribution < -0.4 is 10.1 Å². The van der Waals surface area contributed by atoms with Crippen LogP contribution in [0.25, 0.3) is 22.2 Å². The van der Waals surface area contributed by atoms with Gasteiger partial charge in [-0.3, -0.25) is 14.6 Å². The highest BCUT2D eigenvalue weighted by molar-refractivity contribution is 6.04. The fourth-order valence-corrected chi connectivity index (χ4v) is 4.57. The number of fused-ring (bicyclic) bond motifs is 1. The minimum atomic E-state index is -4.61. The second-order valence-corrected chi connectivity index (χ2v) is 8.88. The quantitative estimate of drug-likeness (QED) is 0.497.